The van der Waals surface area contributed by atoms with Gasteiger partial charge < -0.3 is 14.4 Å². The highest BCUT2D eigenvalue weighted by Crippen LogP contribution is 2.14. The Kier molecular flexibility index (Phi) is 7.48. The minimum absolute atomic E-state index is 0.0428. The van der Waals surface area contributed by atoms with Crippen LogP contribution in [0.5, 0.6) is 5.75 Å². The summed E-state index contributed by atoms with van der Waals surface area (Å²) < 4.78 is 10.9. The number of hydrogen-bond donors (Lipinski definition) is 0. The summed E-state index contributed by atoms with van der Waals surface area (Å²) >= 11 is 0. The molecule has 0 N–H and O–H groups in total. The van der Waals surface area contributed by atoms with Gasteiger partial charge in [-0.1, -0.05) is 44.2 Å². The lowest BCUT2D eigenvalue weighted by Crippen LogP contribution is -2.36. The second-order valence-electron chi connectivity index (χ2n) is 6.44. The van der Waals surface area contributed by atoms with Gasteiger partial charge in [0, 0.05) is 25.8 Å². The van der Waals surface area contributed by atoms with Gasteiger partial charge in [0.25, 0.3) is 5.91 Å². The molecule has 134 valence electrons. The highest BCUT2D eigenvalue weighted by molar-refractivity contribution is 5.94. The second-order valence-corrected chi connectivity index (χ2v) is 6.44. The van der Waals surface area contributed by atoms with Crippen LogP contribution in [0, 0.1) is 5.92 Å². The van der Waals surface area contributed by atoms with Gasteiger partial charge in [0.1, 0.15) is 12.4 Å². The number of para-hydroxylation sites is 1. The average molecular weight is 341 g/mol. The smallest absolute Gasteiger partial charge is 0.253 e. The Morgan fingerprint density at radius 1 is 1.04 bits per heavy atom. The van der Waals surface area contributed by atoms with Crippen molar-refractivity contribution < 1.29 is 14.3 Å². The highest BCUT2D eigenvalue weighted by Gasteiger charge is 2.16. The Balaban J connectivity index is 1.97. The van der Waals surface area contributed by atoms with Crippen LogP contribution in [0.25, 0.3) is 0 Å². The first kappa shape index (κ1) is 19.0. The van der Waals surface area contributed by atoms with Crippen molar-refractivity contribution in [2.75, 3.05) is 26.8 Å². The lowest BCUT2D eigenvalue weighted by atomic mass is 10.1. The molecular weight excluding hydrogens is 314 g/mol. The van der Waals surface area contributed by atoms with Crippen molar-refractivity contribution in [1.29, 1.82) is 0 Å². The normalized spacial score (nSPS) is 10.7. The third kappa shape index (κ3) is 6.24. The van der Waals surface area contributed by atoms with E-state index in [1.165, 1.54) is 0 Å². The summed E-state index contributed by atoms with van der Waals surface area (Å²) in [7, 11) is 1.65. The lowest BCUT2D eigenvalue weighted by molar-refractivity contribution is 0.0672. The van der Waals surface area contributed by atoms with Crippen molar-refractivity contribution >= 4 is 5.91 Å². The van der Waals surface area contributed by atoms with Gasteiger partial charge in [-0.05, 0) is 35.7 Å². The number of hydrogen-bond acceptors (Lipinski definition) is 3. The van der Waals surface area contributed by atoms with E-state index in [4.69, 9.17) is 9.47 Å². The van der Waals surface area contributed by atoms with Gasteiger partial charge in [0.2, 0.25) is 0 Å². The molecular formula is C21H27NO3. The number of methoxy groups -OCH3 is 1. The van der Waals surface area contributed by atoms with Gasteiger partial charge in [0.05, 0.1) is 6.61 Å². The van der Waals surface area contributed by atoms with Gasteiger partial charge in [0.15, 0.2) is 0 Å². The zero-order valence-electron chi connectivity index (χ0n) is 15.3. The van der Waals surface area contributed by atoms with Crippen LogP contribution in [0.15, 0.2) is 54.6 Å². The summed E-state index contributed by atoms with van der Waals surface area (Å²) in [5, 5.41) is 0. The van der Waals surface area contributed by atoms with Crippen molar-refractivity contribution in [1.82, 2.24) is 4.90 Å². The molecule has 0 atom stereocenters. The first-order valence-corrected chi connectivity index (χ1v) is 8.65. The molecule has 0 fully saturated rings. The molecule has 1 amide bonds. The van der Waals surface area contributed by atoms with Crippen LogP contribution in [-0.2, 0) is 11.3 Å². The topological polar surface area (TPSA) is 38.8 Å². The van der Waals surface area contributed by atoms with Gasteiger partial charge in [-0.3, -0.25) is 4.79 Å². The molecule has 0 aromatic heterocycles. The van der Waals surface area contributed by atoms with Crippen LogP contribution in [0.3, 0.4) is 0 Å². The van der Waals surface area contributed by atoms with E-state index in [0.29, 0.717) is 31.2 Å². The minimum atomic E-state index is 0.0428. The average Bonchev–Trinajstić information content (AvgIpc) is 2.64. The van der Waals surface area contributed by atoms with Crippen LogP contribution in [0.4, 0.5) is 0 Å². The fourth-order valence-corrected chi connectivity index (χ4v) is 2.53. The number of carbonyl (C=O) groups is 1. The van der Waals surface area contributed by atoms with Crippen LogP contribution in [-0.4, -0.2) is 37.6 Å². The molecule has 4 nitrogen and oxygen atoms in total. The molecule has 2 aromatic rings. The quantitative estimate of drug-likeness (QED) is 0.692. The largest absolute Gasteiger partial charge is 0.489 e. The highest BCUT2D eigenvalue weighted by atomic mass is 16.5. The molecule has 2 aromatic carbocycles. The van der Waals surface area contributed by atoms with Crippen molar-refractivity contribution in [3.05, 3.63) is 65.7 Å². The number of nitrogens with zero attached hydrogens (tertiary/aromatic N) is 1. The van der Waals surface area contributed by atoms with E-state index in [9.17, 15) is 4.79 Å². The zero-order valence-corrected chi connectivity index (χ0v) is 15.3. The van der Waals surface area contributed by atoms with Gasteiger partial charge in [-0.25, -0.2) is 0 Å². The van der Waals surface area contributed by atoms with E-state index >= 15 is 0 Å². The van der Waals surface area contributed by atoms with Crippen LogP contribution in [0.1, 0.15) is 29.8 Å². The van der Waals surface area contributed by atoms with Crippen molar-refractivity contribution in [3.8, 4) is 5.75 Å². The standard InChI is InChI=1S/C21H27NO3/c1-17(2)15-22(13-14-24-3)21(23)19-11-9-18(10-12-19)16-25-20-7-5-4-6-8-20/h4-12,17H,13-16H2,1-3H3. The number of amides is 1. The first-order valence-electron chi connectivity index (χ1n) is 8.65. The summed E-state index contributed by atoms with van der Waals surface area (Å²) in [4.78, 5) is 14.6. The summed E-state index contributed by atoms with van der Waals surface area (Å²) in [6.07, 6.45) is 0. The summed E-state index contributed by atoms with van der Waals surface area (Å²) in [6.45, 7) is 6.57. The Hall–Kier alpha value is -2.33. The van der Waals surface area contributed by atoms with E-state index in [2.05, 4.69) is 13.8 Å². The molecule has 25 heavy (non-hydrogen) atoms. The maximum absolute atomic E-state index is 12.7. The third-order valence-corrected chi connectivity index (χ3v) is 3.79. The van der Waals surface area contributed by atoms with Crippen molar-refractivity contribution in [2.24, 2.45) is 5.92 Å². The first-order chi connectivity index (χ1) is 12.1. The molecule has 0 unspecified atom stereocenters. The maximum Gasteiger partial charge on any atom is 0.253 e. The molecule has 0 aliphatic heterocycles. The van der Waals surface area contributed by atoms with Gasteiger partial charge in [-0.2, -0.15) is 0 Å². The van der Waals surface area contributed by atoms with Gasteiger partial charge >= 0.3 is 0 Å². The van der Waals surface area contributed by atoms with Crippen molar-refractivity contribution in [2.45, 2.75) is 20.5 Å². The molecule has 0 bridgehead atoms. The summed E-state index contributed by atoms with van der Waals surface area (Å²) in [5.74, 6) is 1.30. The van der Waals surface area contributed by atoms with E-state index < -0.39 is 0 Å². The number of rotatable bonds is 9. The summed E-state index contributed by atoms with van der Waals surface area (Å²) in [6, 6.07) is 17.3. The molecule has 0 saturated heterocycles. The molecule has 0 spiro atoms. The van der Waals surface area contributed by atoms with E-state index in [-0.39, 0.29) is 5.91 Å². The van der Waals surface area contributed by atoms with Crippen LogP contribution < -0.4 is 4.74 Å². The molecule has 0 radical (unpaired) electrons. The second kappa shape index (κ2) is 9.84. The van der Waals surface area contributed by atoms with Crippen LogP contribution >= 0.6 is 0 Å². The van der Waals surface area contributed by atoms with Crippen LogP contribution in [0.2, 0.25) is 0 Å². The van der Waals surface area contributed by atoms with Crippen molar-refractivity contribution in [3.63, 3.8) is 0 Å². The number of carbonyl (C=O) groups excluding carboxylic acids is 1. The SMILES string of the molecule is COCCN(CC(C)C)C(=O)c1ccc(COc2ccccc2)cc1. The summed E-state index contributed by atoms with van der Waals surface area (Å²) in [5.41, 5.74) is 1.73. The molecule has 0 heterocycles. The Labute approximate surface area is 150 Å². The third-order valence-electron chi connectivity index (χ3n) is 3.79. The molecule has 2 rings (SSSR count). The fourth-order valence-electron chi connectivity index (χ4n) is 2.53. The predicted octanol–water partition coefficient (Wildman–Crippen LogP) is 4.01. The zero-order chi connectivity index (χ0) is 18.1. The number of ether oxygens (including phenoxy) is 2. The van der Waals surface area contributed by atoms with Gasteiger partial charge in [-0.15, -0.1) is 0 Å². The Morgan fingerprint density at radius 3 is 2.32 bits per heavy atom. The molecule has 0 saturated carbocycles. The predicted molar refractivity (Wildman–Crippen MR) is 99.8 cm³/mol. The molecule has 4 heteroatoms. The van der Waals surface area contributed by atoms with E-state index in [1.807, 2.05) is 59.5 Å². The molecule has 0 aliphatic rings. The number of benzene rings is 2. The fraction of sp³-hybridized carbons (Fsp3) is 0.381. The maximum atomic E-state index is 12.7. The Morgan fingerprint density at radius 2 is 1.72 bits per heavy atom. The lowest BCUT2D eigenvalue weighted by Gasteiger charge is -2.24. The minimum Gasteiger partial charge on any atom is -0.489 e. The van der Waals surface area contributed by atoms with E-state index in [0.717, 1.165) is 17.9 Å². The molecule has 0 aliphatic carbocycles. The Bertz CT molecular complexity index is 638. The van der Waals surface area contributed by atoms with E-state index in [1.54, 1.807) is 7.11 Å². The monoisotopic (exact) mass is 341 g/mol.